The first-order chi connectivity index (χ1) is 7.39. The lowest BCUT2D eigenvalue weighted by Crippen LogP contribution is -2.04. The maximum atomic E-state index is 12.1. The Kier molecular flexibility index (Phi) is 4.38. The summed E-state index contributed by atoms with van der Waals surface area (Å²) >= 11 is 1.84. The molecule has 0 N–H and O–H groups in total. The van der Waals surface area contributed by atoms with Gasteiger partial charge in [0.1, 0.15) is 0 Å². The fourth-order valence-electron chi connectivity index (χ4n) is 0.711. The van der Waals surface area contributed by atoms with Crippen molar-refractivity contribution in [1.82, 2.24) is 4.98 Å². The second-order valence-electron chi connectivity index (χ2n) is 2.62. The van der Waals surface area contributed by atoms with E-state index in [-0.39, 0.29) is 15.9 Å². The van der Waals surface area contributed by atoms with E-state index in [9.17, 15) is 18.0 Å². The van der Waals surface area contributed by atoms with Crippen molar-refractivity contribution in [1.29, 1.82) is 0 Å². The Labute approximate surface area is 98.3 Å². The first-order valence-electron chi connectivity index (χ1n) is 4.04. The molecule has 0 bridgehead atoms. The smallest absolute Gasteiger partial charge is 0.288 e. The molecule has 2 nitrogen and oxygen atoms in total. The third-order valence-electron chi connectivity index (χ3n) is 1.34. The Bertz CT molecular complexity index is 442. The number of halogens is 3. The van der Waals surface area contributed by atoms with E-state index >= 15 is 0 Å². The molecule has 1 rings (SSSR count). The van der Waals surface area contributed by atoms with Crippen LogP contribution in [0.4, 0.5) is 13.2 Å². The minimum absolute atomic E-state index is 0.0792. The summed E-state index contributed by atoms with van der Waals surface area (Å²) in [6, 6.07) is 0. The predicted molar refractivity (Wildman–Crippen MR) is 57.1 cm³/mol. The number of hydrogen-bond acceptors (Lipinski definition) is 4. The van der Waals surface area contributed by atoms with Crippen LogP contribution in [0, 0.1) is 11.8 Å². The second kappa shape index (κ2) is 5.37. The Morgan fingerprint density at radius 3 is 2.81 bits per heavy atom. The number of hydrogen-bond donors (Lipinski definition) is 0. The molecule has 0 saturated heterocycles. The molecule has 7 heteroatoms. The number of alkyl halides is 3. The molecule has 16 heavy (non-hydrogen) atoms. The van der Waals surface area contributed by atoms with Crippen molar-refractivity contribution in [3.05, 3.63) is 16.1 Å². The lowest BCUT2D eigenvalue weighted by molar-refractivity contribution is -0.140. The highest BCUT2D eigenvalue weighted by Crippen LogP contribution is 2.29. The summed E-state index contributed by atoms with van der Waals surface area (Å²) in [5, 5.41) is 0.947. The van der Waals surface area contributed by atoms with Gasteiger partial charge in [-0.1, -0.05) is 17.7 Å². The minimum Gasteiger partial charge on any atom is -0.288 e. The van der Waals surface area contributed by atoms with Crippen molar-refractivity contribution in [2.24, 2.45) is 0 Å². The summed E-state index contributed by atoms with van der Waals surface area (Å²) in [5.74, 6) is 5.31. The van der Waals surface area contributed by atoms with Crippen molar-refractivity contribution in [3.8, 4) is 11.8 Å². The van der Waals surface area contributed by atoms with E-state index in [2.05, 4.69) is 16.8 Å². The predicted octanol–water partition coefficient (Wildman–Crippen LogP) is 2.79. The van der Waals surface area contributed by atoms with Gasteiger partial charge in [0, 0.05) is 12.3 Å². The van der Waals surface area contributed by atoms with Gasteiger partial charge in [-0.3, -0.25) is 4.79 Å². The van der Waals surface area contributed by atoms with Crippen LogP contribution in [0.15, 0.2) is 5.38 Å². The van der Waals surface area contributed by atoms with Gasteiger partial charge in [0.15, 0.2) is 15.8 Å². The Morgan fingerprint density at radius 1 is 1.62 bits per heavy atom. The van der Waals surface area contributed by atoms with Crippen LogP contribution >= 0.6 is 23.1 Å². The normalized spacial score (nSPS) is 10.8. The van der Waals surface area contributed by atoms with Gasteiger partial charge in [0.2, 0.25) is 0 Å². The molecular formula is C9H6F3NOS2. The van der Waals surface area contributed by atoms with Crippen LogP contribution in [0.5, 0.6) is 0 Å². The summed E-state index contributed by atoms with van der Waals surface area (Å²) in [7, 11) is 0. The van der Waals surface area contributed by atoms with Gasteiger partial charge < -0.3 is 0 Å². The number of carbonyl (C=O) groups excluding carboxylic acids is 1. The number of thioether (sulfide) groups is 1. The Morgan fingerprint density at radius 2 is 2.31 bits per heavy atom. The van der Waals surface area contributed by atoms with E-state index in [1.807, 2.05) is 0 Å². The van der Waals surface area contributed by atoms with Gasteiger partial charge in [-0.2, -0.15) is 13.2 Å². The summed E-state index contributed by atoms with van der Waals surface area (Å²) < 4.78 is 36.4. The summed E-state index contributed by atoms with van der Waals surface area (Å²) in [6.07, 6.45) is -4.43. The van der Waals surface area contributed by atoms with Crippen LogP contribution < -0.4 is 0 Å². The summed E-state index contributed by atoms with van der Waals surface area (Å²) in [4.78, 5) is 13.8. The Balaban J connectivity index is 2.62. The number of aromatic nitrogens is 1. The van der Waals surface area contributed by atoms with Crippen LogP contribution in [0.1, 0.15) is 17.6 Å². The van der Waals surface area contributed by atoms with Crippen LogP contribution in [-0.2, 0) is 11.0 Å². The van der Waals surface area contributed by atoms with Gasteiger partial charge in [-0.25, -0.2) is 4.98 Å². The molecule has 0 aromatic carbocycles. The monoisotopic (exact) mass is 265 g/mol. The minimum atomic E-state index is -4.43. The van der Waals surface area contributed by atoms with Crippen LogP contribution in [0.2, 0.25) is 0 Å². The maximum absolute atomic E-state index is 12.1. The fourth-order valence-corrected chi connectivity index (χ4v) is 1.75. The lowest BCUT2D eigenvalue weighted by Gasteiger charge is -1.98. The molecule has 0 spiro atoms. The largest absolute Gasteiger partial charge is 0.434 e. The van der Waals surface area contributed by atoms with E-state index < -0.39 is 11.9 Å². The topological polar surface area (TPSA) is 30.0 Å². The van der Waals surface area contributed by atoms with Crippen LogP contribution in [-0.4, -0.2) is 15.9 Å². The molecule has 1 aromatic heterocycles. The zero-order valence-corrected chi connectivity index (χ0v) is 9.72. The summed E-state index contributed by atoms with van der Waals surface area (Å²) in [5.41, 5.74) is -0.930. The van der Waals surface area contributed by atoms with E-state index in [4.69, 9.17) is 0 Å². The summed E-state index contributed by atoms with van der Waals surface area (Å²) in [6.45, 7) is 1.40. The maximum Gasteiger partial charge on any atom is 0.434 e. The van der Waals surface area contributed by atoms with Gasteiger partial charge >= 0.3 is 6.18 Å². The number of carbonyl (C=O) groups is 1. The van der Waals surface area contributed by atoms with Gasteiger partial charge in [0.05, 0.1) is 5.75 Å². The van der Waals surface area contributed by atoms with E-state index in [0.717, 1.165) is 28.5 Å². The molecule has 0 saturated carbocycles. The van der Waals surface area contributed by atoms with Gasteiger partial charge in [-0.05, 0) is 5.92 Å². The van der Waals surface area contributed by atoms with E-state index in [1.54, 1.807) is 0 Å². The zero-order valence-electron chi connectivity index (χ0n) is 8.09. The molecule has 0 atom stereocenters. The number of rotatable bonds is 1. The molecule has 0 fully saturated rings. The van der Waals surface area contributed by atoms with Crippen LogP contribution in [0.25, 0.3) is 0 Å². The Hall–Kier alpha value is -1.00. The molecule has 0 radical (unpaired) electrons. The van der Waals surface area contributed by atoms with E-state index in [1.165, 1.54) is 6.92 Å². The quantitative estimate of drug-likeness (QED) is 0.731. The van der Waals surface area contributed by atoms with Crippen molar-refractivity contribution in [2.75, 3.05) is 5.75 Å². The fraction of sp³-hybridized carbons (Fsp3) is 0.333. The molecule has 1 heterocycles. The van der Waals surface area contributed by atoms with Gasteiger partial charge in [0.25, 0.3) is 0 Å². The standard InChI is InChI=1S/C9H6F3NOS2/c1-6(14)15-4-2-3-8-13-7(5-16-8)9(10,11)12/h5H,4H2,1H3. The number of thiazole rings is 1. The van der Waals surface area contributed by atoms with Crippen molar-refractivity contribution >= 4 is 28.2 Å². The highest BCUT2D eigenvalue weighted by Gasteiger charge is 2.33. The first kappa shape index (κ1) is 13.1. The van der Waals surface area contributed by atoms with Crippen molar-refractivity contribution in [2.45, 2.75) is 13.1 Å². The SMILES string of the molecule is CC(=O)SCC#Cc1nc(C(F)(F)F)cs1. The van der Waals surface area contributed by atoms with Crippen molar-refractivity contribution < 1.29 is 18.0 Å². The molecule has 1 aromatic rings. The average molecular weight is 265 g/mol. The third-order valence-corrected chi connectivity index (χ3v) is 2.79. The molecule has 0 aliphatic carbocycles. The van der Waals surface area contributed by atoms with Crippen molar-refractivity contribution in [3.63, 3.8) is 0 Å². The molecular weight excluding hydrogens is 259 g/mol. The highest BCUT2D eigenvalue weighted by molar-refractivity contribution is 8.13. The highest BCUT2D eigenvalue weighted by atomic mass is 32.2. The third kappa shape index (κ3) is 4.24. The molecule has 0 unspecified atom stereocenters. The van der Waals surface area contributed by atoms with Crippen LogP contribution in [0.3, 0.4) is 0 Å². The molecule has 86 valence electrons. The number of nitrogens with zero attached hydrogens (tertiary/aromatic N) is 1. The van der Waals surface area contributed by atoms with E-state index in [0.29, 0.717) is 0 Å². The lowest BCUT2D eigenvalue weighted by atomic mass is 10.5. The molecule has 0 amide bonds. The zero-order chi connectivity index (χ0) is 12.2. The molecule has 0 aliphatic rings. The second-order valence-corrected chi connectivity index (χ2v) is 4.63. The average Bonchev–Trinajstić information content (AvgIpc) is 2.59. The first-order valence-corrected chi connectivity index (χ1v) is 5.91. The molecule has 0 aliphatic heterocycles. The van der Waals surface area contributed by atoms with Gasteiger partial charge in [-0.15, -0.1) is 11.3 Å².